The molecule has 0 radical (unpaired) electrons. The van der Waals surface area contributed by atoms with E-state index in [0.717, 1.165) is 12.1 Å². The molecule has 0 bridgehead atoms. The first-order chi connectivity index (χ1) is 16.2. The molecule has 0 saturated heterocycles. The van der Waals surface area contributed by atoms with Crippen molar-refractivity contribution < 1.29 is 31.8 Å². The number of carbonyl (C=O) groups excluding carboxylic acids is 1. The van der Waals surface area contributed by atoms with Gasteiger partial charge in [-0.05, 0) is 42.5 Å². The number of urea groups is 1. The number of hydrogen-bond acceptors (Lipinski definition) is 4. The van der Waals surface area contributed by atoms with Crippen LogP contribution < -0.4 is 20.1 Å². The molecule has 4 rings (SSSR count). The molecule has 0 aliphatic heterocycles. The van der Waals surface area contributed by atoms with Crippen LogP contribution >= 0.6 is 0 Å². The van der Waals surface area contributed by atoms with Crippen LogP contribution in [-0.2, 0) is 12.8 Å². The lowest BCUT2D eigenvalue weighted by atomic mass is 10.1. The summed E-state index contributed by atoms with van der Waals surface area (Å²) in [5.74, 6) is 0.0136. The number of aromatic amines is 1. The van der Waals surface area contributed by atoms with Crippen LogP contribution in [0.4, 0.5) is 33.9 Å². The fraction of sp³-hybridized carbons (Fsp3) is 0.130. The summed E-state index contributed by atoms with van der Waals surface area (Å²) in [5.41, 5.74) is -0.243. The number of anilines is 2. The molecule has 2 amide bonds. The van der Waals surface area contributed by atoms with Crippen LogP contribution in [0.5, 0.6) is 11.5 Å². The van der Waals surface area contributed by atoms with Gasteiger partial charge in [-0.25, -0.2) is 9.18 Å². The van der Waals surface area contributed by atoms with Gasteiger partial charge in [0.15, 0.2) is 5.82 Å². The smallest absolute Gasteiger partial charge is 0.416 e. The third-order valence-corrected chi connectivity index (χ3v) is 4.87. The number of halogens is 4. The summed E-state index contributed by atoms with van der Waals surface area (Å²) in [6, 6.07) is 13.3. The van der Waals surface area contributed by atoms with Crippen molar-refractivity contribution in [2.45, 2.75) is 12.8 Å². The van der Waals surface area contributed by atoms with E-state index >= 15 is 0 Å². The van der Waals surface area contributed by atoms with Gasteiger partial charge in [-0.2, -0.15) is 18.3 Å². The van der Waals surface area contributed by atoms with Crippen molar-refractivity contribution in [3.63, 3.8) is 0 Å². The molecule has 1 heterocycles. The maximum atomic E-state index is 13.3. The zero-order valence-electron chi connectivity index (χ0n) is 17.7. The first-order valence-electron chi connectivity index (χ1n) is 9.91. The molecule has 176 valence electrons. The number of nitrogens with one attached hydrogen (secondary N) is 3. The molecule has 0 atom stereocenters. The number of H-pyrrole nitrogens is 1. The van der Waals surface area contributed by atoms with Crippen LogP contribution in [0.25, 0.3) is 10.9 Å². The third kappa shape index (κ3) is 5.20. The quantitative estimate of drug-likeness (QED) is 0.301. The second-order valence-electron chi connectivity index (χ2n) is 7.18. The van der Waals surface area contributed by atoms with Crippen molar-refractivity contribution in [3.8, 4) is 11.5 Å². The number of ether oxygens (including phenoxy) is 2. The second-order valence-corrected chi connectivity index (χ2v) is 7.18. The van der Waals surface area contributed by atoms with E-state index in [4.69, 9.17) is 9.47 Å². The Morgan fingerprint density at radius 3 is 2.62 bits per heavy atom. The first-order valence-corrected chi connectivity index (χ1v) is 9.91. The Balaban J connectivity index is 1.49. The number of aromatic nitrogens is 2. The van der Waals surface area contributed by atoms with Crippen molar-refractivity contribution >= 4 is 28.4 Å². The fourth-order valence-corrected chi connectivity index (χ4v) is 3.25. The largest absolute Gasteiger partial charge is 0.497 e. The van der Waals surface area contributed by atoms with E-state index in [1.807, 2.05) is 0 Å². The molecule has 0 aliphatic rings. The number of fused-ring (bicyclic) bond motifs is 1. The maximum absolute atomic E-state index is 13.3. The van der Waals surface area contributed by atoms with Crippen LogP contribution in [0.1, 0.15) is 11.1 Å². The van der Waals surface area contributed by atoms with E-state index < -0.39 is 30.2 Å². The normalized spacial score (nSPS) is 11.3. The van der Waals surface area contributed by atoms with E-state index in [9.17, 15) is 22.4 Å². The number of rotatable bonds is 6. The fourth-order valence-electron chi connectivity index (χ4n) is 3.25. The molecule has 11 heteroatoms. The summed E-state index contributed by atoms with van der Waals surface area (Å²) in [7, 11) is 1.51. The maximum Gasteiger partial charge on any atom is 0.416 e. The topological polar surface area (TPSA) is 88.3 Å². The van der Waals surface area contributed by atoms with Gasteiger partial charge in [-0.3, -0.25) is 10.4 Å². The molecule has 7 nitrogen and oxygen atoms in total. The van der Waals surface area contributed by atoms with Crippen LogP contribution in [-0.4, -0.2) is 23.3 Å². The average Bonchev–Trinajstić information content (AvgIpc) is 3.19. The lowest BCUT2D eigenvalue weighted by molar-refractivity contribution is -0.138. The Morgan fingerprint density at radius 2 is 1.85 bits per heavy atom. The van der Waals surface area contributed by atoms with Gasteiger partial charge in [0.05, 0.1) is 18.2 Å². The standard InChI is InChI=1S/C23H18F4N4O3/c1-33-16-4-2-3-15(10-16)28-22(32)29-21-18-11-17(7-8-20(18)30-31-21)34-12-13-5-6-14(24)9-19(13)23(25,26)27/h2-11H,12H2,1H3,(H3,28,29,30,31,32). The third-order valence-electron chi connectivity index (χ3n) is 4.87. The molecular weight excluding hydrogens is 456 g/mol. The Bertz CT molecular complexity index is 1340. The summed E-state index contributed by atoms with van der Waals surface area (Å²) in [6.45, 7) is -0.433. The molecule has 34 heavy (non-hydrogen) atoms. The van der Waals surface area contributed by atoms with Crippen molar-refractivity contribution in [2.24, 2.45) is 0 Å². The molecule has 0 aliphatic carbocycles. The lowest BCUT2D eigenvalue weighted by Crippen LogP contribution is -2.19. The van der Waals surface area contributed by atoms with Gasteiger partial charge in [0.1, 0.15) is 23.9 Å². The number of alkyl halides is 3. The monoisotopic (exact) mass is 474 g/mol. The van der Waals surface area contributed by atoms with Crippen molar-refractivity contribution in [1.29, 1.82) is 0 Å². The van der Waals surface area contributed by atoms with Crippen LogP contribution in [0.3, 0.4) is 0 Å². The highest BCUT2D eigenvalue weighted by Crippen LogP contribution is 2.33. The zero-order chi connectivity index (χ0) is 24.3. The Kier molecular flexibility index (Phi) is 6.26. The summed E-state index contributed by atoms with van der Waals surface area (Å²) in [4.78, 5) is 12.4. The predicted molar refractivity (Wildman–Crippen MR) is 117 cm³/mol. The molecule has 0 fully saturated rings. The van der Waals surface area contributed by atoms with Gasteiger partial charge >= 0.3 is 12.2 Å². The van der Waals surface area contributed by atoms with Crippen molar-refractivity contribution in [1.82, 2.24) is 10.2 Å². The van der Waals surface area contributed by atoms with Gasteiger partial charge in [0.25, 0.3) is 0 Å². The highest BCUT2D eigenvalue weighted by Gasteiger charge is 2.33. The number of methoxy groups -OCH3 is 1. The number of nitrogens with zero attached hydrogens (tertiary/aromatic N) is 1. The summed E-state index contributed by atoms with van der Waals surface area (Å²) < 4.78 is 63.6. The molecular formula is C23H18F4N4O3. The predicted octanol–water partition coefficient (Wildman–Crippen LogP) is 5.95. The van der Waals surface area contributed by atoms with E-state index in [0.29, 0.717) is 28.4 Å². The number of benzene rings is 3. The van der Waals surface area contributed by atoms with Gasteiger partial charge < -0.3 is 14.8 Å². The molecule has 0 saturated carbocycles. The van der Waals surface area contributed by atoms with Crippen LogP contribution in [0.15, 0.2) is 60.7 Å². The van der Waals surface area contributed by atoms with Crippen LogP contribution in [0.2, 0.25) is 0 Å². The van der Waals surface area contributed by atoms with Crippen molar-refractivity contribution in [3.05, 3.63) is 77.6 Å². The lowest BCUT2D eigenvalue weighted by Gasteiger charge is -2.14. The number of hydrogen-bond donors (Lipinski definition) is 3. The van der Waals surface area contributed by atoms with Crippen LogP contribution in [0, 0.1) is 5.82 Å². The highest BCUT2D eigenvalue weighted by molar-refractivity contribution is 6.04. The molecule has 3 aromatic carbocycles. The molecule has 0 spiro atoms. The zero-order valence-corrected chi connectivity index (χ0v) is 17.7. The first kappa shape index (κ1) is 22.9. The SMILES string of the molecule is COc1cccc(NC(=O)Nc2n[nH]c3ccc(OCc4ccc(F)cc4C(F)(F)F)cc23)c1. The number of carbonyl (C=O) groups is 1. The summed E-state index contributed by atoms with van der Waals surface area (Å²) in [5, 5.41) is 12.6. The number of amides is 2. The Morgan fingerprint density at radius 1 is 1.03 bits per heavy atom. The highest BCUT2D eigenvalue weighted by atomic mass is 19.4. The Hall–Kier alpha value is -4.28. The van der Waals surface area contributed by atoms with Gasteiger partial charge in [-0.1, -0.05) is 12.1 Å². The summed E-state index contributed by atoms with van der Waals surface area (Å²) in [6.07, 6.45) is -4.72. The minimum absolute atomic E-state index is 0.193. The Labute approximate surface area is 190 Å². The molecule has 3 N–H and O–H groups in total. The minimum Gasteiger partial charge on any atom is -0.497 e. The molecule has 0 unspecified atom stereocenters. The van der Waals surface area contributed by atoms with E-state index in [2.05, 4.69) is 20.8 Å². The van der Waals surface area contributed by atoms with E-state index in [1.165, 1.54) is 19.2 Å². The minimum atomic E-state index is -4.72. The van der Waals surface area contributed by atoms with Gasteiger partial charge in [0.2, 0.25) is 0 Å². The average molecular weight is 474 g/mol. The molecule has 1 aromatic heterocycles. The summed E-state index contributed by atoms with van der Waals surface area (Å²) >= 11 is 0. The van der Waals surface area contributed by atoms with Gasteiger partial charge in [-0.15, -0.1) is 0 Å². The second kappa shape index (κ2) is 9.30. The van der Waals surface area contributed by atoms with E-state index in [1.54, 1.807) is 30.3 Å². The molecule has 4 aromatic rings. The van der Waals surface area contributed by atoms with Gasteiger partial charge in [0, 0.05) is 22.7 Å². The van der Waals surface area contributed by atoms with E-state index in [-0.39, 0.29) is 17.1 Å². The van der Waals surface area contributed by atoms with Crippen molar-refractivity contribution in [2.75, 3.05) is 17.7 Å².